The molecule has 1 aromatic carbocycles. The molecule has 1 aromatic rings. The molecule has 94 valence electrons. The summed E-state index contributed by atoms with van der Waals surface area (Å²) in [5.41, 5.74) is 1.76. The maximum Gasteiger partial charge on any atom is 0.339 e. The number of ether oxygens (including phenoxy) is 1. The van der Waals surface area contributed by atoms with E-state index in [1.807, 2.05) is 19.1 Å². The first-order chi connectivity index (χ1) is 8.06. The van der Waals surface area contributed by atoms with Crippen molar-refractivity contribution in [1.82, 2.24) is 0 Å². The molecule has 17 heavy (non-hydrogen) atoms. The van der Waals surface area contributed by atoms with Gasteiger partial charge in [0.25, 0.3) is 0 Å². The Hall–Kier alpha value is -1.35. The number of aliphatic hydroxyl groups excluding tert-OH is 1. The van der Waals surface area contributed by atoms with Crippen LogP contribution in [0, 0.1) is 0 Å². The molecule has 0 aliphatic rings. The average Bonchev–Trinajstić information content (AvgIpc) is 2.35. The van der Waals surface area contributed by atoms with E-state index >= 15 is 0 Å². The van der Waals surface area contributed by atoms with E-state index in [0.29, 0.717) is 18.1 Å². The lowest BCUT2D eigenvalue weighted by Gasteiger charge is -2.12. The van der Waals surface area contributed by atoms with Crippen LogP contribution in [0.5, 0.6) is 0 Å². The molecule has 0 aliphatic heterocycles. The van der Waals surface area contributed by atoms with Gasteiger partial charge in [-0.05, 0) is 23.5 Å². The molecule has 3 heteroatoms. The highest BCUT2D eigenvalue weighted by atomic mass is 16.5. The Bertz CT molecular complexity index is 354. The molecule has 0 aromatic heterocycles. The van der Waals surface area contributed by atoms with Crippen LogP contribution in [0.1, 0.15) is 50.3 Å². The standard InChI is InChI=1S/C14H20O3/c1-4-9-17-14(16)13(15)12-7-5-11(6-8-12)10(2)3/h5-8,10,13,15H,4,9H2,1-3H3. The normalized spacial score (nSPS) is 12.5. The molecular formula is C14H20O3. The minimum absolute atomic E-state index is 0.347. The summed E-state index contributed by atoms with van der Waals surface area (Å²) in [5, 5.41) is 9.77. The Labute approximate surface area is 102 Å². The smallest absolute Gasteiger partial charge is 0.339 e. The van der Waals surface area contributed by atoms with E-state index in [-0.39, 0.29) is 0 Å². The van der Waals surface area contributed by atoms with Gasteiger partial charge in [0, 0.05) is 0 Å². The van der Waals surface area contributed by atoms with Gasteiger partial charge in [0.1, 0.15) is 0 Å². The van der Waals surface area contributed by atoms with Gasteiger partial charge in [0.15, 0.2) is 6.10 Å². The van der Waals surface area contributed by atoms with E-state index < -0.39 is 12.1 Å². The van der Waals surface area contributed by atoms with Gasteiger partial charge in [0.2, 0.25) is 0 Å². The van der Waals surface area contributed by atoms with Crippen molar-refractivity contribution in [2.24, 2.45) is 0 Å². The molecule has 0 bridgehead atoms. The van der Waals surface area contributed by atoms with Crippen molar-refractivity contribution in [2.45, 2.75) is 39.2 Å². The topological polar surface area (TPSA) is 46.5 Å². The second-order valence-electron chi connectivity index (χ2n) is 4.39. The fraction of sp³-hybridized carbons (Fsp3) is 0.500. The van der Waals surface area contributed by atoms with Crippen molar-refractivity contribution in [3.8, 4) is 0 Å². The highest BCUT2D eigenvalue weighted by Gasteiger charge is 2.18. The van der Waals surface area contributed by atoms with Crippen LogP contribution in [-0.2, 0) is 9.53 Å². The van der Waals surface area contributed by atoms with Crippen LogP contribution in [0.3, 0.4) is 0 Å². The fourth-order valence-corrected chi connectivity index (χ4v) is 1.48. The molecule has 1 N–H and O–H groups in total. The average molecular weight is 236 g/mol. The number of hydrogen-bond donors (Lipinski definition) is 1. The van der Waals surface area contributed by atoms with E-state index in [1.54, 1.807) is 12.1 Å². The molecule has 0 aliphatic carbocycles. The molecule has 1 unspecified atom stereocenters. The van der Waals surface area contributed by atoms with E-state index in [2.05, 4.69) is 13.8 Å². The molecular weight excluding hydrogens is 216 g/mol. The van der Waals surface area contributed by atoms with Crippen LogP contribution >= 0.6 is 0 Å². The third-order valence-electron chi connectivity index (χ3n) is 2.59. The SMILES string of the molecule is CCCOC(=O)C(O)c1ccc(C(C)C)cc1. The molecule has 0 amide bonds. The summed E-state index contributed by atoms with van der Waals surface area (Å²) in [6.45, 7) is 6.46. The number of esters is 1. The molecule has 0 saturated heterocycles. The molecule has 0 saturated carbocycles. The van der Waals surface area contributed by atoms with Gasteiger partial charge in [-0.2, -0.15) is 0 Å². The van der Waals surface area contributed by atoms with Gasteiger partial charge < -0.3 is 9.84 Å². The number of carbonyl (C=O) groups excluding carboxylic acids is 1. The van der Waals surface area contributed by atoms with Gasteiger partial charge >= 0.3 is 5.97 Å². The second kappa shape index (κ2) is 6.40. The Morgan fingerprint density at radius 3 is 2.24 bits per heavy atom. The molecule has 1 atom stereocenters. The van der Waals surface area contributed by atoms with Gasteiger partial charge in [-0.15, -0.1) is 0 Å². The molecule has 1 rings (SSSR count). The van der Waals surface area contributed by atoms with Gasteiger partial charge in [-0.1, -0.05) is 45.0 Å². The van der Waals surface area contributed by atoms with Crippen LogP contribution < -0.4 is 0 Å². The van der Waals surface area contributed by atoms with E-state index in [4.69, 9.17) is 4.74 Å². The van der Waals surface area contributed by atoms with E-state index in [0.717, 1.165) is 6.42 Å². The summed E-state index contributed by atoms with van der Waals surface area (Å²) in [6, 6.07) is 7.40. The van der Waals surface area contributed by atoms with Crippen molar-refractivity contribution >= 4 is 5.97 Å². The molecule has 0 spiro atoms. The minimum atomic E-state index is -1.18. The van der Waals surface area contributed by atoms with Crippen LogP contribution in [-0.4, -0.2) is 17.7 Å². The van der Waals surface area contributed by atoms with Crippen molar-refractivity contribution in [3.63, 3.8) is 0 Å². The van der Waals surface area contributed by atoms with Crippen LogP contribution in [0.2, 0.25) is 0 Å². The lowest BCUT2D eigenvalue weighted by atomic mass is 10.00. The van der Waals surface area contributed by atoms with E-state index in [1.165, 1.54) is 5.56 Å². The first-order valence-corrected chi connectivity index (χ1v) is 6.00. The molecule has 0 heterocycles. The quantitative estimate of drug-likeness (QED) is 0.800. The highest BCUT2D eigenvalue weighted by molar-refractivity contribution is 5.76. The summed E-state index contributed by atoms with van der Waals surface area (Å²) in [4.78, 5) is 11.4. The van der Waals surface area contributed by atoms with Gasteiger partial charge in [-0.3, -0.25) is 0 Å². The third-order valence-corrected chi connectivity index (χ3v) is 2.59. The zero-order valence-electron chi connectivity index (χ0n) is 10.6. The van der Waals surface area contributed by atoms with Crippen molar-refractivity contribution in [3.05, 3.63) is 35.4 Å². The maximum absolute atomic E-state index is 11.4. The van der Waals surface area contributed by atoms with Gasteiger partial charge in [-0.25, -0.2) is 4.79 Å². The van der Waals surface area contributed by atoms with E-state index in [9.17, 15) is 9.90 Å². The highest BCUT2D eigenvalue weighted by Crippen LogP contribution is 2.19. The predicted molar refractivity (Wildman–Crippen MR) is 66.7 cm³/mol. The second-order valence-corrected chi connectivity index (χ2v) is 4.39. The third kappa shape index (κ3) is 3.86. The predicted octanol–water partition coefficient (Wildman–Crippen LogP) is 2.80. The first kappa shape index (κ1) is 13.7. The summed E-state index contributed by atoms with van der Waals surface area (Å²) in [6.07, 6.45) is -0.423. The van der Waals surface area contributed by atoms with Crippen LogP contribution in [0.15, 0.2) is 24.3 Å². The monoisotopic (exact) mass is 236 g/mol. The van der Waals surface area contributed by atoms with Crippen molar-refractivity contribution in [1.29, 1.82) is 0 Å². The summed E-state index contributed by atoms with van der Waals surface area (Å²) < 4.78 is 4.90. The zero-order chi connectivity index (χ0) is 12.8. The van der Waals surface area contributed by atoms with Crippen molar-refractivity contribution < 1.29 is 14.6 Å². The largest absolute Gasteiger partial charge is 0.464 e. The lowest BCUT2D eigenvalue weighted by Crippen LogP contribution is -2.16. The Morgan fingerprint density at radius 2 is 1.76 bits per heavy atom. The first-order valence-electron chi connectivity index (χ1n) is 6.00. The molecule has 0 radical (unpaired) electrons. The molecule has 3 nitrogen and oxygen atoms in total. The number of carbonyl (C=O) groups is 1. The number of benzene rings is 1. The summed E-state index contributed by atoms with van der Waals surface area (Å²) >= 11 is 0. The fourth-order valence-electron chi connectivity index (χ4n) is 1.48. The van der Waals surface area contributed by atoms with Crippen LogP contribution in [0.4, 0.5) is 0 Å². The van der Waals surface area contributed by atoms with Crippen LogP contribution in [0.25, 0.3) is 0 Å². The Balaban J connectivity index is 2.69. The Morgan fingerprint density at radius 1 is 1.24 bits per heavy atom. The number of rotatable bonds is 5. The zero-order valence-corrected chi connectivity index (χ0v) is 10.6. The summed E-state index contributed by atoms with van der Waals surface area (Å²) in [7, 11) is 0. The number of hydrogen-bond acceptors (Lipinski definition) is 3. The lowest BCUT2D eigenvalue weighted by molar-refractivity contribution is -0.153. The summed E-state index contributed by atoms with van der Waals surface area (Å²) in [5.74, 6) is -0.141. The number of aliphatic hydroxyl groups is 1. The molecule has 0 fully saturated rings. The van der Waals surface area contributed by atoms with Crippen molar-refractivity contribution in [2.75, 3.05) is 6.61 Å². The Kier molecular flexibility index (Phi) is 5.16. The minimum Gasteiger partial charge on any atom is -0.464 e. The maximum atomic E-state index is 11.4. The van der Waals surface area contributed by atoms with Gasteiger partial charge in [0.05, 0.1) is 6.61 Å².